The Morgan fingerprint density at radius 2 is 1.85 bits per heavy atom. The van der Waals surface area contributed by atoms with Crippen molar-refractivity contribution in [3.8, 4) is 11.1 Å². The second-order valence-electron chi connectivity index (χ2n) is 8.43. The van der Waals surface area contributed by atoms with E-state index in [2.05, 4.69) is 52.5 Å². The maximum Gasteiger partial charge on any atom is 0.274 e. The van der Waals surface area contributed by atoms with Crippen LogP contribution in [0.2, 0.25) is 0 Å². The topological polar surface area (TPSA) is 84.4 Å². The van der Waals surface area contributed by atoms with Gasteiger partial charge in [-0.2, -0.15) is 0 Å². The van der Waals surface area contributed by atoms with E-state index in [0.29, 0.717) is 13.0 Å². The maximum absolute atomic E-state index is 13.1. The number of benzene rings is 2. The Bertz CT molecular complexity index is 1140. The molecule has 0 aliphatic carbocycles. The van der Waals surface area contributed by atoms with Gasteiger partial charge in [-0.15, -0.1) is 0 Å². The van der Waals surface area contributed by atoms with Crippen molar-refractivity contribution in [3.05, 3.63) is 83.4 Å². The summed E-state index contributed by atoms with van der Waals surface area (Å²) in [6.07, 6.45) is 3.38. The molecular formula is C26H28N4O3. The zero-order valence-electron chi connectivity index (χ0n) is 19.2. The monoisotopic (exact) mass is 444 g/mol. The van der Waals surface area contributed by atoms with E-state index in [1.807, 2.05) is 25.1 Å². The van der Waals surface area contributed by atoms with E-state index in [-0.39, 0.29) is 30.7 Å². The summed E-state index contributed by atoms with van der Waals surface area (Å²) in [5.74, 6) is -0.511. The normalized spacial score (nSPS) is 18.1. The summed E-state index contributed by atoms with van der Waals surface area (Å²) >= 11 is 0. The summed E-state index contributed by atoms with van der Waals surface area (Å²) in [4.78, 5) is 36.1. The molecule has 33 heavy (non-hydrogen) atoms. The van der Waals surface area contributed by atoms with E-state index < -0.39 is 5.60 Å². The predicted octanol–water partition coefficient (Wildman–Crippen LogP) is 2.96. The van der Waals surface area contributed by atoms with Gasteiger partial charge >= 0.3 is 0 Å². The molecule has 1 fully saturated rings. The van der Waals surface area contributed by atoms with Crippen LogP contribution in [0.25, 0.3) is 11.1 Å². The molecule has 170 valence electrons. The van der Waals surface area contributed by atoms with Crippen molar-refractivity contribution >= 4 is 11.8 Å². The van der Waals surface area contributed by atoms with Gasteiger partial charge < -0.3 is 15.0 Å². The molecule has 0 bridgehead atoms. The molecule has 7 nitrogen and oxygen atoms in total. The lowest BCUT2D eigenvalue weighted by Crippen LogP contribution is -2.61. The van der Waals surface area contributed by atoms with Crippen LogP contribution in [0.15, 0.2) is 60.9 Å². The van der Waals surface area contributed by atoms with Gasteiger partial charge in [0.2, 0.25) is 0 Å². The Labute approximate surface area is 193 Å². The molecule has 1 saturated heterocycles. The number of carbonyl (C=O) groups excluding carboxylic acids is 2. The molecule has 0 unspecified atom stereocenters. The third kappa shape index (κ3) is 4.93. The average molecular weight is 445 g/mol. The smallest absolute Gasteiger partial charge is 0.274 e. The van der Waals surface area contributed by atoms with E-state index in [4.69, 9.17) is 4.74 Å². The second-order valence-corrected chi connectivity index (χ2v) is 8.43. The average Bonchev–Trinajstić information content (AvgIpc) is 2.84. The first kappa shape index (κ1) is 22.6. The van der Waals surface area contributed by atoms with Gasteiger partial charge in [0.1, 0.15) is 5.69 Å². The van der Waals surface area contributed by atoms with Crippen LogP contribution in [0.1, 0.15) is 27.3 Å². The zero-order chi connectivity index (χ0) is 23.4. The van der Waals surface area contributed by atoms with Gasteiger partial charge in [0.15, 0.2) is 5.60 Å². The molecule has 2 aromatic carbocycles. The number of nitrogens with zero attached hydrogens (tertiary/aromatic N) is 3. The van der Waals surface area contributed by atoms with Crippen LogP contribution in [0.5, 0.6) is 0 Å². The van der Waals surface area contributed by atoms with Crippen molar-refractivity contribution in [1.29, 1.82) is 0 Å². The van der Waals surface area contributed by atoms with Gasteiger partial charge in [-0.05, 0) is 30.5 Å². The van der Waals surface area contributed by atoms with Gasteiger partial charge in [-0.25, -0.2) is 4.98 Å². The molecule has 0 radical (unpaired) electrons. The van der Waals surface area contributed by atoms with Gasteiger partial charge in [0.05, 0.1) is 25.0 Å². The molecule has 0 spiro atoms. The minimum absolute atomic E-state index is 0.135. The quantitative estimate of drug-likeness (QED) is 0.654. The second kappa shape index (κ2) is 9.50. The van der Waals surface area contributed by atoms with Crippen LogP contribution in [-0.4, -0.2) is 59.0 Å². The number of rotatable bonds is 5. The standard InChI is InChI=1S/C26H28N4O3/c1-18-7-9-21(10-8-18)22-6-4-5-20(13-22)14-26(25(32)27-3)17-30(11-12-33-26)24(31)23-16-28-19(2)15-29-23/h4-10,13,15-16H,11-12,14,17H2,1-3H3,(H,27,32)/t26-/m0/s1. The zero-order valence-corrected chi connectivity index (χ0v) is 19.2. The molecule has 1 aromatic heterocycles. The third-order valence-corrected chi connectivity index (χ3v) is 5.92. The Morgan fingerprint density at radius 1 is 1.06 bits per heavy atom. The highest BCUT2D eigenvalue weighted by Crippen LogP contribution is 2.28. The van der Waals surface area contributed by atoms with Gasteiger partial charge in [0.25, 0.3) is 11.8 Å². The highest BCUT2D eigenvalue weighted by molar-refractivity contribution is 5.93. The lowest BCUT2D eigenvalue weighted by atomic mass is 9.89. The van der Waals surface area contributed by atoms with Crippen LogP contribution in [0.4, 0.5) is 0 Å². The summed E-state index contributed by atoms with van der Waals surface area (Å²) in [7, 11) is 1.59. The van der Waals surface area contributed by atoms with E-state index in [9.17, 15) is 9.59 Å². The molecule has 2 amide bonds. The van der Waals surface area contributed by atoms with Crippen LogP contribution in [0, 0.1) is 13.8 Å². The van der Waals surface area contributed by atoms with Gasteiger partial charge in [-0.3, -0.25) is 14.6 Å². The highest BCUT2D eigenvalue weighted by Gasteiger charge is 2.45. The molecule has 4 rings (SSSR count). The fraction of sp³-hybridized carbons (Fsp3) is 0.308. The number of hydrogen-bond acceptors (Lipinski definition) is 5. The summed E-state index contributed by atoms with van der Waals surface area (Å²) < 4.78 is 6.08. The van der Waals surface area contributed by atoms with Crippen molar-refractivity contribution in [1.82, 2.24) is 20.2 Å². The molecule has 3 aromatic rings. The predicted molar refractivity (Wildman–Crippen MR) is 126 cm³/mol. The number of amides is 2. The lowest BCUT2D eigenvalue weighted by Gasteiger charge is -2.41. The van der Waals surface area contributed by atoms with E-state index in [0.717, 1.165) is 22.4 Å². The third-order valence-electron chi connectivity index (χ3n) is 5.92. The largest absolute Gasteiger partial charge is 0.361 e. The van der Waals surface area contributed by atoms with Crippen LogP contribution >= 0.6 is 0 Å². The SMILES string of the molecule is CNC(=O)[C@]1(Cc2cccc(-c3ccc(C)cc3)c2)CN(C(=O)c2cnc(C)cn2)CCO1. The number of nitrogens with one attached hydrogen (secondary N) is 1. The summed E-state index contributed by atoms with van der Waals surface area (Å²) in [6.45, 7) is 4.66. The van der Waals surface area contributed by atoms with Gasteiger partial charge in [-0.1, -0.05) is 54.1 Å². The molecule has 1 aliphatic heterocycles. The lowest BCUT2D eigenvalue weighted by molar-refractivity contribution is -0.156. The first-order valence-electron chi connectivity index (χ1n) is 11.0. The minimum Gasteiger partial charge on any atom is -0.361 e. The van der Waals surface area contributed by atoms with E-state index in [1.54, 1.807) is 18.1 Å². The molecule has 2 heterocycles. The molecular weight excluding hydrogens is 416 g/mol. The fourth-order valence-electron chi connectivity index (χ4n) is 4.11. The molecule has 1 atom stereocenters. The molecule has 1 aliphatic rings. The summed E-state index contributed by atoms with van der Waals surface area (Å²) in [5, 5.41) is 2.73. The Morgan fingerprint density at radius 3 is 2.55 bits per heavy atom. The molecule has 0 saturated carbocycles. The van der Waals surface area contributed by atoms with Crippen molar-refractivity contribution in [3.63, 3.8) is 0 Å². The van der Waals surface area contributed by atoms with Crippen molar-refractivity contribution < 1.29 is 14.3 Å². The van der Waals surface area contributed by atoms with Crippen LogP contribution in [-0.2, 0) is 16.0 Å². The Balaban J connectivity index is 1.60. The Kier molecular flexibility index (Phi) is 6.51. The number of aryl methyl sites for hydroxylation is 2. The first-order chi connectivity index (χ1) is 15.9. The highest BCUT2D eigenvalue weighted by atomic mass is 16.5. The molecule has 1 N–H and O–H groups in total. The fourth-order valence-corrected chi connectivity index (χ4v) is 4.11. The summed E-state index contributed by atoms with van der Waals surface area (Å²) in [5.41, 5.74) is 4.14. The van der Waals surface area contributed by atoms with Crippen molar-refractivity contribution in [2.45, 2.75) is 25.9 Å². The van der Waals surface area contributed by atoms with Crippen molar-refractivity contribution in [2.75, 3.05) is 26.7 Å². The summed E-state index contributed by atoms with van der Waals surface area (Å²) in [6, 6.07) is 16.4. The Hall–Kier alpha value is -3.58. The number of carbonyl (C=O) groups is 2. The number of ether oxygens (including phenoxy) is 1. The van der Waals surface area contributed by atoms with E-state index in [1.165, 1.54) is 11.8 Å². The first-order valence-corrected chi connectivity index (χ1v) is 11.0. The van der Waals surface area contributed by atoms with Gasteiger partial charge in [0, 0.05) is 26.2 Å². The molecule has 7 heteroatoms. The van der Waals surface area contributed by atoms with Crippen LogP contribution in [0.3, 0.4) is 0 Å². The maximum atomic E-state index is 13.1. The number of morpholine rings is 1. The number of hydrogen-bond donors (Lipinski definition) is 1. The number of likely N-dealkylation sites (N-methyl/N-ethyl adjacent to an activating group) is 1. The van der Waals surface area contributed by atoms with Crippen molar-refractivity contribution in [2.24, 2.45) is 0 Å². The minimum atomic E-state index is -1.19. The van der Waals surface area contributed by atoms with E-state index >= 15 is 0 Å². The van der Waals surface area contributed by atoms with Crippen LogP contribution < -0.4 is 5.32 Å². The number of aromatic nitrogens is 2.